The van der Waals surface area contributed by atoms with E-state index in [0.717, 1.165) is 0 Å². The number of anilines is 2. The summed E-state index contributed by atoms with van der Waals surface area (Å²) in [4.78, 5) is 47.8. The first-order valence-corrected chi connectivity index (χ1v) is 7.72. The maximum atomic E-state index is 10.5. The first-order valence-electron chi connectivity index (χ1n) is 7.72. The summed E-state index contributed by atoms with van der Waals surface area (Å²) in [5.41, 5.74) is 0. The maximum Gasteiger partial charge on any atom is 0.328 e. The molecule has 28 heavy (non-hydrogen) atoms. The number of hydrogen-bond acceptors (Lipinski definition) is 6. The highest BCUT2D eigenvalue weighted by atomic mass is 16.4. The summed E-state index contributed by atoms with van der Waals surface area (Å²) in [7, 11) is 0. The molecule has 0 unspecified atom stereocenters. The normalized spacial score (nSPS) is 9.07. The lowest BCUT2D eigenvalue weighted by Crippen LogP contribution is -2.06. The molecule has 10 heteroatoms. The molecule has 148 valence electrons. The zero-order valence-corrected chi connectivity index (χ0v) is 15.2. The van der Waals surface area contributed by atoms with Crippen molar-refractivity contribution >= 4 is 35.4 Å². The Bertz CT molecular complexity index is 727. The van der Waals surface area contributed by atoms with Crippen LogP contribution in [0.1, 0.15) is 13.8 Å². The van der Waals surface area contributed by atoms with Gasteiger partial charge in [-0.25, -0.2) is 19.6 Å². The first-order chi connectivity index (χ1) is 13.2. The van der Waals surface area contributed by atoms with E-state index in [9.17, 15) is 19.2 Å². The quantitative estimate of drug-likeness (QED) is 0.577. The Morgan fingerprint density at radius 2 is 1.11 bits per heavy atom. The van der Waals surface area contributed by atoms with Crippen molar-refractivity contribution in [2.75, 3.05) is 10.6 Å². The summed E-state index contributed by atoms with van der Waals surface area (Å²) in [5, 5.41) is 20.7. The van der Waals surface area contributed by atoms with Gasteiger partial charge in [0, 0.05) is 38.4 Å². The van der Waals surface area contributed by atoms with Crippen molar-refractivity contribution in [3.8, 4) is 0 Å². The molecule has 0 fully saturated rings. The minimum absolute atomic E-state index is 0.0984. The minimum Gasteiger partial charge on any atom is -0.478 e. The maximum absolute atomic E-state index is 10.5. The Kier molecular flexibility index (Phi) is 12.1. The molecular formula is C18H20N4O6. The van der Waals surface area contributed by atoms with Crippen LogP contribution in [0.25, 0.3) is 0 Å². The number of amides is 2. The average Bonchev–Trinajstić information content (AvgIpc) is 2.62. The Labute approximate surface area is 161 Å². The van der Waals surface area contributed by atoms with Crippen LogP contribution in [0, 0.1) is 0 Å². The summed E-state index contributed by atoms with van der Waals surface area (Å²) in [6.45, 7) is 2.91. The van der Waals surface area contributed by atoms with Gasteiger partial charge < -0.3 is 20.8 Å². The summed E-state index contributed by atoms with van der Waals surface area (Å²) in [6, 6.07) is 10.7. The minimum atomic E-state index is -1.26. The molecule has 0 aliphatic carbocycles. The molecule has 0 atom stereocenters. The molecular weight excluding hydrogens is 368 g/mol. The molecule has 0 aliphatic heterocycles. The molecule has 4 N–H and O–H groups in total. The highest BCUT2D eigenvalue weighted by Gasteiger charge is 1.92. The average molecular weight is 388 g/mol. The summed E-state index contributed by atoms with van der Waals surface area (Å²) in [6.07, 6.45) is 4.38. The van der Waals surface area contributed by atoms with Crippen molar-refractivity contribution in [2.24, 2.45) is 0 Å². The third-order valence-corrected chi connectivity index (χ3v) is 2.31. The Balaban J connectivity index is 0.000000394. The van der Waals surface area contributed by atoms with Crippen LogP contribution >= 0.6 is 0 Å². The monoisotopic (exact) mass is 388 g/mol. The fraction of sp³-hybridized carbons (Fsp3) is 0.111. The van der Waals surface area contributed by atoms with Crippen LogP contribution < -0.4 is 10.6 Å². The SMILES string of the molecule is CC(=O)Nc1ccccn1.CC(=O)Nc1ccccn1.O=C(O)/C=C/C(=O)O. The van der Waals surface area contributed by atoms with E-state index in [1.165, 1.54) is 13.8 Å². The molecule has 0 saturated carbocycles. The standard InChI is InChI=1S/2C7H8N2O.C4H4O4/c2*1-6(10)9-7-4-2-3-5-8-7;5-3(6)1-2-4(7)8/h2*2-5H,1H3,(H,8,9,10);1-2H,(H,5,6)(H,7,8)/b;;2-1+. The third-order valence-electron chi connectivity index (χ3n) is 2.31. The number of rotatable bonds is 4. The van der Waals surface area contributed by atoms with E-state index in [2.05, 4.69) is 20.6 Å². The Morgan fingerprint density at radius 1 is 0.750 bits per heavy atom. The molecule has 2 rings (SSSR count). The van der Waals surface area contributed by atoms with Crippen molar-refractivity contribution in [1.82, 2.24) is 9.97 Å². The van der Waals surface area contributed by atoms with E-state index in [4.69, 9.17) is 10.2 Å². The number of carboxylic acids is 2. The number of carbonyl (C=O) groups is 4. The number of carbonyl (C=O) groups excluding carboxylic acids is 2. The molecule has 0 aliphatic rings. The molecule has 10 nitrogen and oxygen atoms in total. The van der Waals surface area contributed by atoms with Crippen LogP contribution in [0.2, 0.25) is 0 Å². The van der Waals surface area contributed by atoms with Crippen molar-refractivity contribution in [2.45, 2.75) is 13.8 Å². The van der Waals surface area contributed by atoms with Gasteiger partial charge in [0.15, 0.2) is 0 Å². The molecule has 0 spiro atoms. The third kappa shape index (κ3) is 15.4. The fourth-order valence-corrected chi connectivity index (χ4v) is 1.38. The summed E-state index contributed by atoms with van der Waals surface area (Å²) in [5.74, 6) is -1.53. The Morgan fingerprint density at radius 3 is 1.32 bits per heavy atom. The van der Waals surface area contributed by atoms with E-state index < -0.39 is 11.9 Å². The van der Waals surface area contributed by atoms with Crippen LogP contribution in [0.4, 0.5) is 11.6 Å². The molecule has 2 amide bonds. The van der Waals surface area contributed by atoms with Gasteiger partial charge in [-0.2, -0.15) is 0 Å². The number of carboxylic acid groups (broad SMARTS) is 2. The van der Waals surface area contributed by atoms with Gasteiger partial charge in [-0.1, -0.05) is 12.1 Å². The summed E-state index contributed by atoms with van der Waals surface area (Å²) >= 11 is 0. The lowest BCUT2D eigenvalue weighted by molar-refractivity contribution is -0.134. The number of aliphatic carboxylic acids is 2. The molecule has 0 aromatic carbocycles. The number of hydrogen-bond donors (Lipinski definition) is 4. The van der Waals surface area contributed by atoms with Crippen LogP contribution in [0.3, 0.4) is 0 Å². The number of nitrogens with zero attached hydrogens (tertiary/aromatic N) is 2. The van der Waals surface area contributed by atoms with Gasteiger partial charge in [-0.3, -0.25) is 9.59 Å². The van der Waals surface area contributed by atoms with Crippen LogP contribution in [-0.2, 0) is 19.2 Å². The zero-order chi connectivity index (χ0) is 21.4. The molecule has 0 saturated heterocycles. The largest absolute Gasteiger partial charge is 0.478 e. The highest BCUT2D eigenvalue weighted by molar-refractivity contribution is 5.89. The predicted octanol–water partition coefficient (Wildman–Crippen LogP) is 1.79. The lowest BCUT2D eigenvalue weighted by atomic mass is 10.4. The van der Waals surface area contributed by atoms with Crippen LogP contribution in [0.15, 0.2) is 60.9 Å². The number of nitrogens with one attached hydrogen (secondary N) is 2. The molecule has 2 aromatic rings. The second kappa shape index (κ2) is 14.1. The van der Waals surface area contributed by atoms with E-state index in [1.54, 1.807) is 36.7 Å². The van der Waals surface area contributed by atoms with E-state index >= 15 is 0 Å². The number of pyridine rings is 2. The number of aromatic nitrogens is 2. The molecule has 0 radical (unpaired) electrons. The summed E-state index contributed by atoms with van der Waals surface area (Å²) < 4.78 is 0. The van der Waals surface area contributed by atoms with Crippen molar-refractivity contribution in [3.05, 3.63) is 60.9 Å². The molecule has 2 heterocycles. The smallest absolute Gasteiger partial charge is 0.328 e. The van der Waals surface area contributed by atoms with Gasteiger partial charge >= 0.3 is 11.9 Å². The topological polar surface area (TPSA) is 159 Å². The van der Waals surface area contributed by atoms with Crippen molar-refractivity contribution in [3.63, 3.8) is 0 Å². The van der Waals surface area contributed by atoms with Crippen molar-refractivity contribution in [1.29, 1.82) is 0 Å². The van der Waals surface area contributed by atoms with E-state index in [-0.39, 0.29) is 11.8 Å². The van der Waals surface area contributed by atoms with Crippen LogP contribution in [0.5, 0.6) is 0 Å². The molecule has 2 aromatic heterocycles. The van der Waals surface area contributed by atoms with Gasteiger partial charge in [-0.15, -0.1) is 0 Å². The second-order valence-electron chi connectivity index (χ2n) is 4.80. The highest BCUT2D eigenvalue weighted by Crippen LogP contribution is 1.98. The predicted molar refractivity (Wildman–Crippen MR) is 101 cm³/mol. The van der Waals surface area contributed by atoms with Gasteiger partial charge in [-0.05, 0) is 24.3 Å². The zero-order valence-electron chi connectivity index (χ0n) is 15.2. The Hall–Kier alpha value is -4.08. The van der Waals surface area contributed by atoms with Crippen molar-refractivity contribution < 1.29 is 29.4 Å². The van der Waals surface area contributed by atoms with Gasteiger partial charge in [0.2, 0.25) is 11.8 Å². The lowest BCUT2D eigenvalue weighted by Gasteiger charge is -1.96. The molecule has 0 bridgehead atoms. The van der Waals surface area contributed by atoms with Gasteiger partial charge in [0.05, 0.1) is 0 Å². The van der Waals surface area contributed by atoms with Crippen LogP contribution in [-0.4, -0.2) is 43.9 Å². The first kappa shape index (κ1) is 23.9. The van der Waals surface area contributed by atoms with E-state index in [0.29, 0.717) is 23.8 Å². The van der Waals surface area contributed by atoms with E-state index in [1.807, 2.05) is 12.1 Å². The second-order valence-corrected chi connectivity index (χ2v) is 4.80. The van der Waals surface area contributed by atoms with Gasteiger partial charge in [0.25, 0.3) is 0 Å². The fourth-order valence-electron chi connectivity index (χ4n) is 1.38. The van der Waals surface area contributed by atoms with Gasteiger partial charge in [0.1, 0.15) is 11.6 Å².